The summed E-state index contributed by atoms with van der Waals surface area (Å²) >= 11 is 0. The van der Waals surface area contributed by atoms with Crippen molar-refractivity contribution in [3.05, 3.63) is 35.9 Å². The van der Waals surface area contributed by atoms with Crippen LogP contribution in [0.2, 0.25) is 0 Å². The lowest BCUT2D eigenvalue weighted by Gasteiger charge is -2.36. The van der Waals surface area contributed by atoms with Gasteiger partial charge in [-0.2, -0.15) is 0 Å². The van der Waals surface area contributed by atoms with Crippen LogP contribution in [0.5, 0.6) is 0 Å². The molecular formula is C19H30IN3O. The Morgan fingerprint density at radius 1 is 1.17 bits per heavy atom. The summed E-state index contributed by atoms with van der Waals surface area (Å²) < 4.78 is 5.61. The summed E-state index contributed by atoms with van der Waals surface area (Å²) in [6.45, 7) is 6.55. The Morgan fingerprint density at radius 2 is 1.88 bits per heavy atom. The molecule has 1 aliphatic carbocycles. The highest BCUT2D eigenvalue weighted by molar-refractivity contribution is 14.0. The van der Waals surface area contributed by atoms with E-state index in [1.165, 1.54) is 18.4 Å². The number of hydrogen-bond acceptors (Lipinski definition) is 2. The van der Waals surface area contributed by atoms with E-state index in [-0.39, 0.29) is 29.4 Å². The Labute approximate surface area is 162 Å². The molecule has 1 aromatic rings. The number of halogens is 1. The quantitative estimate of drug-likeness (QED) is 0.403. The van der Waals surface area contributed by atoms with Crippen LogP contribution in [0, 0.1) is 5.92 Å². The Balaban J connectivity index is 0.00000208. The van der Waals surface area contributed by atoms with E-state index in [1.807, 2.05) is 0 Å². The fourth-order valence-corrected chi connectivity index (χ4v) is 3.23. The van der Waals surface area contributed by atoms with Gasteiger partial charge in [0.1, 0.15) is 0 Å². The summed E-state index contributed by atoms with van der Waals surface area (Å²) in [5.41, 5.74) is 1.51. The summed E-state index contributed by atoms with van der Waals surface area (Å²) in [5, 5.41) is 6.88. The molecule has 134 valence electrons. The molecule has 0 aromatic heterocycles. The molecule has 1 aromatic carbocycles. The second kappa shape index (κ2) is 9.61. The van der Waals surface area contributed by atoms with Crippen molar-refractivity contribution < 1.29 is 4.74 Å². The maximum atomic E-state index is 5.61. The molecule has 0 spiro atoms. The summed E-state index contributed by atoms with van der Waals surface area (Å²) in [5.74, 6) is 1.81. The second-order valence-corrected chi connectivity index (χ2v) is 6.78. The van der Waals surface area contributed by atoms with Gasteiger partial charge in [0.05, 0.1) is 6.54 Å². The molecule has 2 N–H and O–H groups in total. The first-order valence-electron chi connectivity index (χ1n) is 8.98. The van der Waals surface area contributed by atoms with Crippen molar-refractivity contribution in [3.8, 4) is 0 Å². The van der Waals surface area contributed by atoms with E-state index in [0.717, 1.165) is 57.6 Å². The highest BCUT2D eigenvalue weighted by Crippen LogP contribution is 2.35. The lowest BCUT2D eigenvalue weighted by molar-refractivity contribution is 0.0531. The van der Waals surface area contributed by atoms with Crippen molar-refractivity contribution in [1.29, 1.82) is 0 Å². The molecule has 0 bridgehead atoms. The van der Waals surface area contributed by atoms with E-state index in [2.05, 4.69) is 47.9 Å². The fraction of sp³-hybridized carbons (Fsp3) is 0.632. The van der Waals surface area contributed by atoms with E-state index in [0.29, 0.717) is 0 Å². The monoisotopic (exact) mass is 443 g/mol. The van der Waals surface area contributed by atoms with Crippen LogP contribution in [-0.2, 0) is 10.2 Å². The smallest absolute Gasteiger partial charge is 0.191 e. The minimum atomic E-state index is 0. The molecule has 1 saturated heterocycles. The van der Waals surface area contributed by atoms with Crippen LogP contribution in [0.15, 0.2) is 35.3 Å². The topological polar surface area (TPSA) is 45.7 Å². The first-order valence-corrected chi connectivity index (χ1v) is 8.98. The molecule has 24 heavy (non-hydrogen) atoms. The molecule has 5 heteroatoms. The molecule has 0 radical (unpaired) electrons. The van der Waals surface area contributed by atoms with Crippen molar-refractivity contribution in [3.63, 3.8) is 0 Å². The zero-order valence-electron chi connectivity index (χ0n) is 14.6. The molecule has 2 aliphatic rings. The molecule has 0 unspecified atom stereocenters. The van der Waals surface area contributed by atoms with E-state index in [4.69, 9.17) is 9.73 Å². The molecule has 1 aliphatic heterocycles. The normalized spacial score (nSPS) is 20.1. The zero-order valence-corrected chi connectivity index (χ0v) is 16.9. The molecule has 1 heterocycles. The molecule has 3 rings (SSSR count). The van der Waals surface area contributed by atoms with Crippen LogP contribution in [-0.4, -0.2) is 38.8 Å². The molecule has 0 amide bonds. The lowest BCUT2D eigenvalue weighted by Crippen LogP contribution is -2.41. The number of aliphatic imine (C=N–C) groups is 1. The minimum Gasteiger partial charge on any atom is -0.381 e. The van der Waals surface area contributed by atoms with Gasteiger partial charge in [-0.15, -0.1) is 24.0 Å². The highest BCUT2D eigenvalue weighted by atomic mass is 127. The maximum absolute atomic E-state index is 5.61. The number of nitrogens with one attached hydrogen (secondary N) is 2. The summed E-state index contributed by atoms with van der Waals surface area (Å²) in [6.07, 6.45) is 4.81. The number of ether oxygens (including phenoxy) is 1. The molecule has 4 nitrogen and oxygen atoms in total. The Morgan fingerprint density at radius 3 is 2.50 bits per heavy atom. The SMILES string of the molecule is CCNC(=NCC1(c2ccccc2)CCOCC1)NCC1CC1.I. The van der Waals surface area contributed by atoms with Gasteiger partial charge < -0.3 is 15.4 Å². The number of hydrogen-bond donors (Lipinski definition) is 2. The average Bonchev–Trinajstić information content (AvgIpc) is 3.43. The van der Waals surface area contributed by atoms with E-state index >= 15 is 0 Å². The van der Waals surface area contributed by atoms with Crippen molar-refractivity contribution >= 4 is 29.9 Å². The van der Waals surface area contributed by atoms with E-state index in [9.17, 15) is 0 Å². The van der Waals surface area contributed by atoms with Crippen LogP contribution in [0.1, 0.15) is 38.2 Å². The number of guanidine groups is 1. The number of benzene rings is 1. The van der Waals surface area contributed by atoms with Crippen molar-refractivity contribution in [2.75, 3.05) is 32.8 Å². The van der Waals surface area contributed by atoms with E-state index in [1.54, 1.807) is 0 Å². The third-order valence-corrected chi connectivity index (χ3v) is 4.98. The lowest BCUT2D eigenvalue weighted by atomic mass is 9.74. The third kappa shape index (κ3) is 5.34. The fourth-order valence-electron chi connectivity index (χ4n) is 3.23. The van der Waals surface area contributed by atoms with Gasteiger partial charge in [-0.05, 0) is 44.1 Å². The van der Waals surface area contributed by atoms with Crippen LogP contribution >= 0.6 is 24.0 Å². The Kier molecular flexibility index (Phi) is 7.81. The van der Waals surface area contributed by atoms with Crippen LogP contribution < -0.4 is 10.6 Å². The van der Waals surface area contributed by atoms with Gasteiger partial charge in [0, 0.05) is 31.7 Å². The van der Waals surface area contributed by atoms with Gasteiger partial charge in [-0.25, -0.2) is 0 Å². The van der Waals surface area contributed by atoms with Crippen molar-refractivity contribution in [1.82, 2.24) is 10.6 Å². The van der Waals surface area contributed by atoms with Gasteiger partial charge in [-0.1, -0.05) is 30.3 Å². The molecular weight excluding hydrogens is 413 g/mol. The van der Waals surface area contributed by atoms with Crippen LogP contribution in [0.25, 0.3) is 0 Å². The third-order valence-electron chi connectivity index (χ3n) is 4.98. The maximum Gasteiger partial charge on any atom is 0.191 e. The van der Waals surface area contributed by atoms with Gasteiger partial charge in [0.15, 0.2) is 5.96 Å². The predicted octanol–water partition coefficient (Wildman–Crippen LogP) is 3.32. The Bertz CT molecular complexity index is 511. The standard InChI is InChI=1S/C19H29N3O.HI/c1-2-20-18(21-14-16-8-9-16)22-15-19(10-12-23-13-11-19)17-6-4-3-5-7-17;/h3-7,16H,2,8-15H2,1H3,(H2,20,21,22);1H. The molecule has 2 fully saturated rings. The number of nitrogens with zero attached hydrogens (tertiary/aromatic N) is 1. The Hall–Kier alpha value is -0.820. The van der Waals surface area contributed by atoms with Crippen LogP contribution in [0.3, 0.4) is 0 Å². The summed E-state index contributed by atoms with van der Waals surface area (Å²) in [6, 6.07) is 10.8. The van der Waals surface area contributed by atoms with Gasteiger partial charge in [0.2, 0.25) is 0 Å². The minimum absolute atomic E-state index is 0. The van der Waals surface area contributed by atoms with E-state index < -0.39 is 0 Å². The summed E-state index contributed by atoms with van der Waals surface area (Å²) in [7, 11) is 0. The van der Waals surface area contributed by atoms with Crippen LogP contribution in [0.4, 0.5) is 0 Å². The van der Waals surface area contributed by atoms with Crippen molar-refractivity contribution in [2.24, 2.45) is 10.9 Å². The average molecular weight is 443 g/mol. The predicted molar refractivity (Wildman–Crippen MR) is 110 cm³/mol. The van der Waals surface area contributed by atoms with Gasteiger partial charge in [0.25, 0.3) is 0 Å². The molecule has 1 saturated carbocycles. The second-order valence-electron chi connectivity index (χ2n) is 6.78. The first kappa shape index (κ1) is 19.5. The zero-order chi connectivity index (χ0) is 16.0. The molecule has 0 atom stereocenters. The highest BCUT2D eigenvalue weighted by Gasteiger charge is 2.34. The van der Waals surface area contributed by atoms with Gasteiger partial charge in [-0.3, -0.25) is 4.99 Å². The van der Waals surface area contributed by atoms with Crippen molar-refractivity contribution in [2.45, 2.75) is 38.0 Å². The van der Waals surface area contributed by atoms with Gasteiger partial charge >= 0.3 is 0 Å². The summed E-state index contributed by atoms with van der Waals surface area (Å²) in [4.78, 5) is 4.92. The largest absolute Gasteiger partial charge is 0.381 e. The number of rotatable bonds is 6. The first-order chi connectivity index (χ1) is 11.3.